The molecule has 0 aliphatic heterocycles. The number of anilines is 1. The lowest BCUT2D eigenvalue weighted by Gasteiger charge is -2.09. The Hall–Kier alpha value is -0.930. The Kier molecular flexibility index (Phi) is 6.04. The Balaban J connectivity index is 2.40. The fourth-order valence-corrected chi connectivity index (χ4v) is 1.49. The van der Waals surface area contributed by atoms with Crippen LogP contribution < -0.4 is 10.1 Å². The van der Waals surface area contributed by atoms with E-state index in [1.54, 1.807) is 7.11 Å². The minimum absolute atomic E-state index is 0.706. The zero-order valence-electron chi connectivity index (χ0n) is 9.75. The van der Waals surface area contributed by atoms with Crippen molar-refractivity contribution in [3.8, 4) is 5.75 Å². The first kappa shape index (κ1) is 13.1. The van der Waals surface area contributed by atoms with Gasteiger partial charge < -0.3 is 14.8 Å². The summed E-state index contributed by atoms with van der Waals surface area (Å²) in [5.74, 6) is 0.803. The lowest BCUT2D eigenvalue weighted by atomic mass is 10.3. The number of nitrogens with one attached hydrogen (secondary N) is 1. The molecule has 1 rings (SSSR count). The molecule has 0 bridgehead atoms. The van der Waals surface area contributed by atoms with Gasteiger partial charge in [-0.15, -0.1) is 0 Å². The van der Waals surface area contributed by atoms with E-state index in [1.807, 2.05) is 25.1 Å². The highest BCUT2D eigenvalue weighted by Gasteiger charge is 2.01. The summed E-state index contributed by atoms with van der Waals surface area (Å²) in [4.78, 5) is 0. The summed E-state index contributed by atoms with van der Waals surface area (Å²) in [5, 5.41) is 3.96. The van der Waals surface area contributed by atoms with Crippen LogP contribution in [0.5, 0.6) is 5.75 Å². The quantitative estimate of drug-likeness (QED) is 0.746. The van der Waals surface area contributed by atoms with Crippen molar-refractivity contribution in [1.29, 1.82) is 0 Å². The van der Waals surface area contributed by atoms with Gasteiger partial charge in [-0.1, -0.05) is 11.6 Å². The van der Waals surface area contributed by atoms with Crippen LogP contribution in [-0.4, -0.2) is 26.9 Å². The van der Waals surface area contributed by atoms with E-state index in [4.69, 9.17) is 21.1 Å². The molecule has 0 unspecified atom stereocenters. The fraction of sp³-hybridized carbons (Fsp3) is 0.500. The van der Waals surface area contributed by atoms with E-state index in [0.717, 1.165) is 37.6 Å². The minimum atomic E-state index is 0.706. The van der Waals surface area contributed by atoms with Crippen LogP contribution in [0.4, 0.5) is 5.69 Å². The third-order valence-corrected chi connectivity index (χ3v) is 2.49. The van der Waals surface area contributed by atoms with E-state index in [1.165, 1.54) is 0 Å². The maximum absolute atomic E-state index is 6.04. The van der Waals surface area contributed by atoms with Gasteiger partial charge in [0.15, 0.2) is 0 Å². The average molecular weight is 244 g/mol. The van der Waals surface area contributed by atoms with E-state index >= 15 is 0 Å². The first-order valence-electron chi connectivity index (χ1n) is 5.43. The monoisotopic (exact) mass is 243 g/mol. The van der Waals surface area contributed by atoms with Crippen LogP contribution in [-0.2, 0) is 4.74 Å². The molecule has 0 fully saturated rings. The molecule has 1 aromatic rings. The number of ether oxygens (including phenoxy) is 2. The highest BCUT2D eigenvalue weighted by Crippen LogP contribution is 2.26. The van der Waals surface area contributed by atoms with E-state index < -0.39 is 0 Å². The first-order valence-corrected chi connectivity index (χ1v) is 5.81. The maximum Gasteiger partial charge on any atom is 0.121 e. The Bertz CT molecular complexity index is 318. The van der Waals surface area contributed by atoms with Crippen molar-refractivity contribution < 1.29 is 9.47 Å². The molecule has 0 aliphatic rings. The maximum atomic E-state index is 6.04. The van der Waals surface area contributed by atoms with Gasteiger partial charge in [0.05, 0.1) is 17.8 Å². The van der Waals surface area contributed by atoms with E-state index in [0.29, 0.717) is 5.02 Å². The summed E-state index contributed by atoms with van der Waals surface area (Å²) in [6, 6.07) is 5.56. The first-order chi connectivity index (χ1) is 7.77. The standard InChI is InChI=1S/C12H18ClNO2/c1-3-16-8-4-7-14-12-9-10(15-2)5-6-11(12)13/h5-6,9,14H,3-4,7-8H2,1-2H3. The van der Waals surface area contributed by atoms with Gasteiger partial charge in [-0.05, 0) is 25.5 Å². The van der Waals surface area contributed by atoms with Crippen LogP contribution >= 0.6 is 11.6 Å². The molecule has 0 heterocycles. The van der Waals surface area contributed by atoms with Gasteiger partial charge in [0.2, 0.25) is 0 Å². The molecule has 90 valence electrons. The number of rotatable bonds is 7. The summed E-state index contributed by atoms with van der Waals surface area (Å²) < 4.78 is 10.4. The summed E-state index contributed by atoms with van der Waals surface area (Å²) in [5.41, 5.74) is 0.900. The number of hydrogen-bond donors (Lipinski definition) is 1. The largest absolute Gasteiger partial charge is 0.497 e. The molecule has 0 saturated heterocycles. The van der Waals surface area contributed by atoms with Gasteiger partial charge in [0, 0.05) is 25.8 Å². The Morgan fingerprint density at radius 1 is 1.38 bits per heavy atom. The average Bonchev–Trinajstić information content (AvgIpc) is 2.31. The third kappa shape index (κ3) is 4.29. The Labute approximate surface area is 102 Å². The van der Waals surface area contributed by atoms with E-state index in [2.05, 4.69) is 5.32 Å². The minimum Gasteiger partial charge on any atom is -0.497 e. The highest BCUT2D eigenvalue weighted by molar-refractivity contribution is 6.33. The van der Waals surface area contributed by atoms with Crippen molar-refractivity contribution >= 4 is 17.3 Å². The molecule has 3 nitrogen and oxygen atoms in total. The summed E-state index contributed by atoms with van der Waals surface area (Å²) in [6.07, 6.45) is 0.960. The summed E-state index contributed by atoms with van der Waals surface area (Å²) in [7, 11) is 1.64. The van der Waals surface area contributed by atoms with Gasteiger partial charge >= 0.3 is 0 Å². The SMILES string of the molecule is CCOCCCNc1cc(OC)ccc1Cl. The fourth-order valence-electron chi connectivity index (χ4n) is 1.31. The van der Waals surface area contributed by atoms with Crippen molar-refractivity contribution in [2.45, 2.75) is 13.3 Å². The normalized spacial score (nSPS) is 10.2. The van der Waals surface area contributed by atoms with Gasteiger partial charge in [-0.25, -0.2) is 0 Å². The number of halogens is 1. The van der Waals surface area contributed by atoms with Gasteiger partial charge in [0.1, 0.15) is 5.75 Å². The number of hydrogen-bond acceptors (Lipinski definition) is 3. The van der Waals surface area contributed by atoms with Crippen LogP contribution in [0.1, 0.15) is 13.3 Å². The van der Waals surface area contributed by atoms with Crippen LogP contribution in [0, 0.1) is 0 Å². The van der Waals surface area contributed by atoms with Crippen molar-refractivity contribution in [2.24, 2.45) is 0 Å². The molecule has 4 heteroatoms. The molecule has 0 aliphatic carbocycles. The van der Waals surface area contributed by atoms with Gasteiger partial charge in [-0.3, -0.25) is 0 Å². The second kappa shape index (κ2) is 7.36. The van der Waals surface area contributed by atoms with Crippen LogP contribution in [0.15, 0.2) is 18.2 Å². The Morgan fingerprint density at radius 2 is 2.19 bits per heavy atom. The second-order valence-electron chi connectivity index (χ2n) is 3.32. The van der Waals surface area contributed by atoms with Crippen LogP contribution in [0.2, 0.25) is 5.02 Å². The number of methoxy groups -OCH3 is 1. The van der Waals surface area contributed by atoms with Gasteiger partial charge in [-0.2, -0.15) is 0 Å². The lowest BCUT2D eigenvalue weighted by molar-refractivity contribution is 0.147. The molecule has 0 aromatic heterocycles. The van der Waals surface area contributed by atoms with Gasteiger partial charge in [0.25, 0.3) is 0 Å². The molecule has 0 amide bonds. The lowest BCUT2D eigenvalue weighted by Crippen LogP contribution is -2.06. The zero-order chi connectivity index (χ0) is 11.8. The van der Waals surface area contributed by atoms with Crippen molar-refractivity contribution in [3.05, 3.63) is 23.2 Å². The Morgan fingerprint density at radius 3 is 2.88 bits per heavy atom. The summed E-state index contributed by atoms with van der Waals surface area (Å²) >= 11 is 6.04. The van der Waals surface area contributed by atoms with Crippen molar-refractivity contribution in [2.75, 3.05) is 32.2 Å². The molecule has 0 atom stereocenters. The van der Waals surface area contributed by atoms with Crippen LogP contribution in [0.25, 0.3) is 0 Å². The van der Waals surface area contributed by atoms with Crippen LogP contribution in [0.3, 0.4) is 0 Å². The number of benzene rings is 1. The summed E-state index contributed by atoms with van der Waals surface area (Å²) in [6.45, 7) is 4.37. The molecule has 1 aromatic carbocycles. The van der Waals surface area contributed by atoms with E-state index in [9.17, 15) is 0 Å². The predicted molar refractivity (Wildman–Crippen MR) is 67.6 cm³/mol. The van der Waals surface area contributed by atoms with Crippen molar-refractivity contribution in [1.82, 2.24) is 0 Å². The highest BCUT2D eigenvalue weighted by atomic mass is 35.5. The topological polar surface area (TPSA) is 30.5 Å². The molecule has 1 N–H and O–H groups in total. The molecule has 0 saturated carbocycles. The zero-order valence-corrected chi connectivity index (χ0v) is 10.5. The molecular formula is C12H18ClNO2. The molecule has 16 heavy (non-hydrogen) atoms. The third-order valence-electron chi connectivity index (χ3n) is 2.16. The molecule has 0 spiro atoms. The smallest absolute Gasteiger partial charge is 0.121 e. The second-order valence-corrected chi connectivity index (χ2v) is 3.73. The molecular weight excluding hydrogens is 226 g/mol. The molecule has 0 radical (unpaired) electrons. The van der Waals surface area contributed by atoms with E-state index in [-0.39, 0.29) is 0 Å². The van der Waals surface area contributed by atoms with Crippen molar-refractivity contribution in [3.63, 3.8) is 0 Å². The predicted octanol–water partition coefficient (Wildman–Crippen LogP) is 3.19.